The second kappa shape index (κ2) is 6.52. The van der Waals surface area contributed by atoms with E-state index in [2.05, 4.69) is 34.6 Å². The molecule has 1 heterocycles. The van der Waals surface area contributed by atoms with E-state index in [1.807, 2.05) is 24.3 Å². The molecule has 0 N–H and O–H groups in total. The van der Waals surface area contributed by atoms with Crippen LogP contribution >= 0.6 is 0 Å². The Morgan fingerprint density at radius 1 is 0.750 bits per heavy atom. The molecule has 0 saturated carbocycles. The summed E-state index contributed by atoms with van der Waals surface area (Å²) in [6.07, 6.45) is 0. The molecule has 0 fully saturated rings. The van der Waals surface area contributed by atoms with Crippen molar-refractivity contribution in [1.29, 1.82) is 0 Å². The third kappa shape index (κ3) is 2.62. The molecule has 0 unspecified atom stereocenters. The highest BCUT2D eigenvalue weighted by atomic mass is 16.5. The molecule has 2 aromatic carbocycles. The first-order chi connectivity index (χ1) is 13.3. The highest BCUT2D eigenvalue weighted by molar-refractivity contribution is 6.04. The van der Waals surface area contributed by atoms with E-state index in [0.29, 0.717) is 11.3 Å². The quantitative estimate of drug-likeness (QED) is 0.398. The van der Waals surface area contributed by atoms with Crippen LogP contribution in [0.15, 0.2) is 45.6 Å². The van der Waals surface area contributed by atoms with Gasteiger partial charge in [-0.2, -0.15) is 0 Å². The molecule has 1 aliphatic carbocycles. The van der Waals surface area contributed by atoms with Gasteiger partial charge >= 0.3 is 0 Å². The molecule has 1 aliphatic heterocycles. The lowest BCUT2D eigenvalue weighted by atomic mass is 9.83. The summed E-state index contributed by atoms with van der Waals surface area (Å²) in [6, 6.07) is 10.9. The number of benzene rings is 3. The topological polar surface area (TPSA) is 39.4 Å². The lowest BCUT2D eigenvalue weighted by molar-refractivity contribution is 0.414. The van der Waals surface area contributed by atoms with Gasteiger partial charge in [0.1, 0.15) is 17.1 Å². The number of ether oxygens (including phenoxy) is 1. The molecule has 4 rings (SSSR count). The average Bonchev–Trinajstić information content (AvgIpc) is 2.69. The molecule has 0 bridgehead atoms. The first-order valence-electron chi connectivity index (χ1n) is 9.45. The van der Waals surface area contributed by atoms with Crippen LogP contribution in [0.2, 0.25) is 0 Å². The predicted octanol–water partition coefficient (Wildman–Crippen LogP) is 6.12. The molecule has 0 spiro atoms. The number of hydrogen-bond donors (Lipinski definition) is 0. The van der Waals surface area contributed by atoms with E-state index in [0.717, 1.165) is 22.3 Å². The van der Waals surface area contributed by atoms with Crippen LogP contribution in [0.25, 0.3) is 33.4 Å². The van der Waals surface area contributed by atoms with Crippen molar-refractivity contribution in [2.45, 2.75) is 34.6 Å². The molecule has 0 saturated heterocycles. The molecule has 0 amide bonds. The number of hydrogen-bond acceptors (Lipinski definition) is 3. The Balaban J connectivity index is 2.25. The molecule has 3 heteroatoms. The minimum Gasteiger partial charge on any atom is -0.497 e. The molecule has 2 aromatic rings. The molecule has 3 nitrogen and oxygen atoms in total. The van der Waals surface area contributed by atoms with Crippen molar-refractivity contribution in [3.05, 3.63) is 74.4 Å². The molecular weight excluding hydrogens is 348 g/mol. The van der Waals surface area contributed by atoms with Crippen LogP contribution in [0.3, 0.4) is 0 Å². The highest BCUT2D eigenvalue weighted by Crippen LogP contribution is 2.44. The second-order valence-electron chi connectivity index (χ2n) is 7.50. The van der Waals surface area contributed by atoms with Gasteiger partial charge in [-0.05, 0) is 92.3 Å². The average molecular weight is 372 g/mol. The Morgan fingerprint density at radius 3 is 2.04 bits per heavy atom. The second-order valence-corrected chi connectivity index (χ2v) is 7.50. The fraction of sp³-hybridized carbons (Fsp3) is 0.240. The monoisotopic (exact) mass is 372 g/mol. The smallest absolute Gasteiger partial charge is 0.182 e. The van der Waals surface area contributed by atoms with Gasteiger partial charge in [0.15, 0.2) is 5.43 Å². The van der Waals surface area contributed by atoms with Crippen molar-refractivity contribution in [2.75, 3.05) is 7.11 Å². The molecule has 0 aromatic heterocycles. The lowest BCUT2D eigenvalue weighted by Crippen LogP contribution is -2.04. The van der Waals surface area contributed by atoms with E-state index in [-0.39, 0.29) is 5.43 Å². The minimum atomic E-state index is -0.0610. The van der Waals surface area contributed by atoms with Crippen LogP contribution in [-0.4, -0.2) is 7.11 Å². The van der Waals surface area contributed by atoms with Gasteiger partial charge in [-0.1, -0.05) is 0 Å². The van der Waals surface area contributed by atoms with Crippen molar-refractivity contribution >= 4 is 11.0 Å². The van der Waals surface area contributed by atoms with E-state index in [1.165, 1.54) is 33.4 Å². The minimum absolute atomic E-state index is 0.0610. The summed E-state index contributed by atoms with van der Waals surface area (Å²) in [7, 11) is 1.64. The summed E-state index contributed by atoms with van der Waals surface area (Å²) < 4.78 is 11.5. The van der Waals surface area contributed by atoms with Gasteiger partial charge in [0.25, 0.3) is 0 Å². The summed E-state index contributed by atoms with van der Waals surface area (Å²) >= 11 is 0. The van der Waals surface area contributed by atoms with Crippen molar-refractivity contribution in [1.82, 2.24) is 0 Å². The van der Waals surface area contributed by atoms with Gasteiger partial charge in [0.05, 0.1) is 7.11 Å². The van der Waals surface area contributed by atoms with Gasteiger partial charge in [-0.3, -0.25) is 4.79 Å². The van der Waals surface area contributed by atoms with Gasteiger partial charge in [0, 0.05) is 28.6 Å². The molecule has 2 aliphatic rings. The third-order valence-corrected chi connectivity index (χ3v) is 6.15. The molecule has 0 atom stereocenters. The van der Waals surface area contributed by atoms with Crippen LogP contribution in [0, 0.1) is 34.6 Å². The highest BCUT2D eigenvalue weighted by Gasteiger charge is 2.22. The van der Waals surface area contributed by atoms with E-state index < -0.39 is 0 Å². The van der Waals surface area contributed by atoms with Gasteiger partial charge < -0.3 is 9.15 Å². The maximum Gasteiger partial charge on any atom is 0.182 e. The predicted molar refractivity (Wildman–Crippen MR) is 115 cm³/mol. The first-order valence-corrected chi connectivity index (χ1v) is 9.45. The fourth-order valence-corrected chi connectivity index (χ4v) is 4.12. The van der Waals surface area contributed by atoms with Crippen molar-refractivity contribution in [2.24, 2.45) is 0 Å². The Bertz CT molecular complexity index is 1230. The summed E-state index contributed by atoms with van der Waals surface area (Å²) in [5, 5.41) is 1.01. The Morgan fingerprint density at radius 2 is 1.39 bits per heavy atom. The largest absolute Gasteiger partial charge is 0.497 e. The van der Waals surface area contributed by atoms with Crippen molar-refractivity contribution in [3.8, 4) is 28.2 Å². The number of fused-ring (bicyclic) bond motifs is 2. The zero-order chi connectivity index (χ0) is 20.2. The maximum absolute atomic E-state index is 12.0. The van der Waals surface area contributed by atoms with Crippen LogP contribution in [-0.2, 0) is 0 Å². The normalized spacial score (nSPS) is 11.4. The number of methoxy groups -OCH3 is 1. The summed E-state index contributed by atoms with van der Waals surface area (Å²) in [6.45, 7) is 10.9. The fourth-order valence-electron chi connectivity index (χ4n) is 4.12. The maximum atomic E-state index is 12.0. The summed E-state index contributed by atoms with van der Waals surface area (Å²) in [5.41, 5.74) is 10.4. The third-order valence-electron chi connectivity index (χ3n) is 6.15. The Hall–Kier alpha value is -3.07. The zero-order valence-electron chi connectivity index (χ0n) is 17.2. The molecule has 28 heavy (non-hydrogen) atoms. The summed E-state index contributed by atoms with van der Waals surface area (Å²) in [4.78, 5) is 12.0. The van der Waals surface area contributed by atoms with Crippen LogP contribution in [0.4, 0.5) is 0 Å². The zero-order valence-corrected chi connectivity index (χ0v) is 17.2. The Labute approximate surface area is 164 Å². The Kier molecular flexibility index (Phi) is 4.26. The van der Waals surface area contributed by atoms with E-state index in [9.17, 15) is 4.79 Å². The van der Waals surface area contributed by atoms with Gasteiger partial charge in [-0.25, -0.2) is 0 Å². The lowest BCUT2D eigenvalue weighted by Gasteiger charge is -2.23. The SMILES string of the molecule is COc1ccc2c(-c3c(C)c(C)c(C)c(C)c3C)c3ccc(=O)cc-3oc2c1. The van der Waals surface area contributed by atoms with E-state index in [1.54, 1.807) is 19.2 Å². The van der Waals surface area contributed by atoms with Crippen LogP contribution in [0.1, 0.15) is 27.8 Å². The standard InChI is InChI=1S/C25H24O3/c1-13-14(2)16(4)24(17(5)15(13)3)25-20-9-7-18(26)11-22(20)28-23-12-19(27-6)8-10-21(23)25/h7-12H,1-6H3. The summed E-state index contributed by atoms with van der Waals surface area (Å²) in [5.74, 6) is 1.32. The van der Waals surface area contributed by atoms with Crippen LogP contribution in [0.5, 0.6) is 5.75 Å². The van der Waals surface area contributed by atoms with Crippen molar-refractivity contribution < 1.29 is 9.15 Å². The van der Waals surface area contributed by atoms with E-state index in [4.69, 9.17) is 9.15 Å². The van der Waals surface area contributed by atoms with Gasteiger partial charge in [0.2, 0.25) is 0 Å². The van der Waals surface area contributed by atoms with Crippen LogP contribution < -0.4 is 10.2 Å². The number of rotatable bonds is 2. The van der Waals surface area contributed by atoms with Crippen molar-refractivity contribution in [3.63, 3.8) is 0 Å². The molecule has 0 radical (unpaired) electrons. The molecule has 142 valence electrons. The molecular formula is C25H24O3. The van der Waals surface area contributed by atoms with Gasteiger partial charge in [-0.15, -0.1) is 0 Å². The first kappa shape index (κ1) is 18.3. The van der Waals surface area contributed by atoms with E-state index >= 15 is 0 Å².